The van der Waals surface area contributed by atoms with E-state index in [2.05, 4.69) is 25.9 Å². The van der Waals surface area contributed by atoms with E-state index in [4.69, 9.17) is 0 Å². The SMILES string of the molecule is Fc1ccc(Sc2nc(Br)cn3ccnc23)c(F)c1. The lowest BCUT2D eigenvalue weighted by atomic mass is 10.3. The van der Waals surface area contributed by atoms with Crippen molar-refractivity contribution in [2.75, 3.05) is 0 Å². The molecule has 2 heterocycles. The number of rotatable bonds is 2. The summed E-state index contributed by atoms with van der Waals surface area (Å²) in [6.07, 6.45) is 5.16. The van der Waals surface area contributed by atoms with Crippen LogP contribution in [0.3, 0.4) is 0 Å². The van der Waals surface area contributed by atoms with E-state index in [9.17, 15) is 8.78 Å². The second-order valence-corrected chi connectivity index (χ2v) is 5.55. The molecule has 0 aliphatic heterocycles. The molecule has 2 aromatic heterocycles. The van der Waals surface area contributed by atoms with E-state index in [1.807, 2.05) is 0 Å². The molecule has 0 amide bonds. The van der Waals surface area contributed by atoms with Crippen LogP contribution in [0.1, 0.15) is 0 Å². The minimum Gasteiger partial charge on any atom is -0.302 e. The predicted octanol–water partition coefficient (Wildman–Crippen LogP) is 3.92. The number of hydrogen-bond donors (Lipinski definition) is 0. The van der Waals surface area contributed by atoms with Crippen molar-refractivity contribution in [3.05, 3.63) is 53.0 Å². The summed E-state index contributed by atoms with van der Waals surface area (Å²) in [6, 6.07) is 3.45. The maximum atomic E-state index is 13.6. The number of hydrogen-bond acceptors (Lipinski definition) is 3. The summed E-state index contributed by atoms with van der Waals surface area (Å²) in [5.41, 5.74) is 0.622. The van der Waals surface area contributed by atoms with Gasteiger partial charge in [-0.3, -0.25) is 0 Å². The Balaban J connectivity index is 2.07. The molecule has 0 N–H and O–H groups in total. The number of aromatic nitrogens is 3. The van der Waals surface area contributed by atoms with Gasteiger partial charge in [0.1, 0.15) is 21.3 Å². The van der Waals surface area contributed by atoms with Crippen molar-refractivity contribution in [1.82, 2.24) is 14.4 Å². The number of fused-ring (bicyclic) bond motifs is 1. The number of nitrogens with zero attached hydrogens (tertiary/aromatic N) is 3. The minimum atomic E-state index is -0.614. The zero-order valence-corrected chi connectivity index (χ0v) is 11.8. The average Bonchev–Trinajstić information content (AvgIpc) is 2.80. The Morgan fingerprint density at radius 2 is 2.11 bits per heavy atom. The number of imidazole rings is 1. The molecule has 1 aromatic carbocycles. The average molecular weight is 342 g/mol. The Hall–Kier alpha value is -1.47. The summed E-state index contributed by atoms with van der Waals surface area (Å²) in [7, 11) is 0. The summed E-state index contributed by atoms with van der Waals surface area (Å²) in [6.45, 7) is 0. The van der Waals surface area contributed by atoms with Crippen LogP contribution in [-0.4, -0.2) is 14.4 Å². The minimum absolute atomic E-state index is 0.303. The number of halogens is 3. The fourth-order valence-electron chi connectivity index (χ4n) is 1.60. The second-order valence-electron chi connectivity index (χ2n) is 3.70. The first-order valence-corrected chi connectivity index (χ1v) is 6.86. The molecule has 0 bridgehead atoms. The van der Waals surface area contributed by atoms with Gasteiger partial charge in [0.15, 0.2) is 5.65 Å². The standard InChI is InChI=1S/C12H6BrF2N3S/c13-10-6-18-4-3-16-11(18)12(17-10)19-9-2-1-7(14)5-8(9)15/h1-6H. The molecule has 0 radical (unpaired) electrons. The topological polar surface area (TPSA) is 30.2 Å². The van der Waals surface area contributed by atoms with Crippen LogP contribution in [-0.2, 0) is 0 Å². The van der Waals surface area contributed by atoms with E-state index in [0.717, 1.165) is 17.8 Å². The molecule has 3 rings (SSSR count). The zero-order chi connectivity index (χ0) is 13.4. The summed E-state index contributed by atoms with van der Waals surface area (Å²) in [5.74, 6) is -1.22. The lowest BCUT2D eigenvalue weighted by molar-refractivity contribution is 0.565. The van der Waals surface area contributed by atoms with E-state index in [1.165, 1.54) is 12.1 Å². The van der Waals surface area contributed by atoms with E-state index < -0.39 is 11.6 Å². The van der Waals surface area contributed by atoms with Gasteiger partial charge in [-0.05, 0) is 28.1 Å². The molecular formula is C12H6BrF2N3S. The van der Waals surface area contributed by atoms with Gasteiger partial charge in [-0.15, -0.1) is 0 Å². The van der Waals surface area contributed by atoms with E-state index >= 15 is 0 Å². The normalized spacial score (nSPS) is 11.1. The summed E-state index contributed by atoms with van der Waals surface area (Å²) in [5, 5.41) is 0.546. The van der Waals surface area contributed by atoms with Gasteiger partial charge in [0, 0.05) is 29.6 Å². The van der Waals surface area contributed by atoms with Crippen LogP contribution in [0.4, 0.5) is 8.78 Å². The van der Waals surface area contributed by atoms with Crippen molar-refractivity contribution in [3.63, 3.8) is 0 Å². The van der Waals surface area contributed by atoms with Gasteiger partial charge in [0.05, 0.1) is 0 Å². The lowest BCUT2D eigenvalue weighted by Crippen LogP contribution is -1.92. The smallest absolute Gasteiger partial charge is 0.170 e. The highest BCUT2D eigenvalue weighted by atomic mass is 79.9. The third-order valence-electron chi connectivity index (χ3n) is 2.41. The van der Waals surface area contributed by atoms with E-state index in [-0.39, 0.29) is 0 Å². The molecule has 7 heteroatoms. The summed E-state index contributed by atoms with van der Waals surface area (Å²) >= 11 is 4.39. The fraction of sp³-hybridized carbons (Fsp3) is 0. The quantitative estimate of drug-likeness (QED) is 0.707. The Kier molecular flexibility index (Phi) is 3.24. The summed E-state index contributed by atoms with van der Waals surface area (Å²) in [4.78, 5) is 8.74. The summed E-state index contributed by atoms with van der Waals surface area (Å²) < 4.78 is 28.9. The van der Waals surface area contributed by atoms with Gasteiger partial charge in [-0.25, -0.2) is 18.7 Å². The molecule has 96 valence electrons. The van der Waals surface area contributed by atoms with Gasteiger partial charge in [-0.2, -0.15) is 0 Å². The molecule has 0 atom stereocenters. The van der Waals surface area contributed by atoms with Gasteiger partial charge in [-0.1, -0.05) is 11.8 Å². The molecule has 0 aliphatic rings. The Morgan fingerprint density at radius 1 is 1.26 bits per heavy atom. The van der Waals surface area contributed by atoms with Crippen LogP contribution in [0.25, 0.3) is 5.65 Å². The van der Waals surface area contributed by atoms with Crippen LogP contribution in [0.2, 0.25) is 0 Å². The van der Waals surface area contributed by atoms with Crippen LogP contribution in [0.15, 0.2) is 51.3 Å². The molecule has 0 saturated carbocycles. The Labute approximate surface area is 119 Å². The van der Waals surface area contributed by atoms with Gasteiger partial charge in [0.25, 0.3) is 0 Å². The molecule has 19 heavy (non-hydrogen) atoms. The molecule has 0 aliphatic carbocycles. The Morgan fingerprint density at radius 3 is 2.89 bits per heavy atom. The molecule has 3 nitrogen and oxygen atoms in total. The monoisotopic (exact) mass is 341 g/mol. The number of benzene rings is 1. The highest BCUT2D eigenvalue weighted by molar-refractivity contribution is 9.10. The molecule has 0 fully saturated rings. The second kappa shape index (κ2) is 4.90. The van der Waals surface area contributed by atoms with E-state index in [1.54, 1.807) is 23.0 Å². The first-order chi connectivity index (χ1) is 9.13. The highest BCUT2D eigenvalue weighted by Crippen LogP contribution is 2.31. The maximum absolute atomic E-state index is 13.6. The largest absolute Gasteiger partial charge is 0.302 e. The molecule has 0 saturated heterocycles. The lowest BCUT2D eigenvalue weighted by Gasteiger charge is -2.05. The van der Waals surface area contributed by atoms with Crippen molar-refractivity contribution in [1.29, 1.82) is 0 Å². The van der Waals surface area contributed by atoms with Crippen molar-refractivity contribution < 1.29 is 8.78 Å². The maximum Gasteiger partial charge on any atom is 0.170 e. The molecule has 0 spiro atoms. The zero-order valence-electron chi connectivity index (χ0n) is 9.35. The van der Waals surface area contributed by atoms with Gasteiger partial charge >= 0.3 is 0 Å². The first-order valence-electron chi connectivity index (χ1n) is 5.25. The van der Waals surface area contributed by atoms with Crippen molar-refractivity contribution >= 4 is 33.3 Å². The van der Waals surface area contributed by atoms with Crippen LogP contribution >= 0.6 is 27.7 Å². The third-order valence-corrected chi connectivity index (χ3v) is 3.81. The fourth-order valence-corrected chi connectivity index (χ4v) is 3.01. The predicted molar refractivity (Wildman–Crippen MR) is 71.2 cm³/mol. The van der Waals surface area contributed by atoms with Crippen LogP contribution < -0.4 is 0 Å². The van der Waals surface area contributed by atoms with E-state index in [0.29, 0.717) is 20.2 Å². The molecule has 0 unspecified atom stereocenters. The van der Waals surface area contributed by atoms with Crippen LogP contribution in [0, 0.1) is 11.6 Å². The van der Waals surface area contributed by atoms with Crippen molar-refractivity contribution in [2.45, 2.75) is 9.92 Å². The van der Waals surface area contributed by atoms with Crippen molar-refractivity contribution in [2.24, 2.45) is 0 Å². The first kappa shape index (κ1) is 12.6. The molecular weight excluding hydrogens is 336 g/mol. The van der Waals surface area contributed by atoms with Gasteiger partial charge in [0.2, 0.25) is 0 Å². The third kappa shape index (κ3) is 2.48. The van der Waals surface area contributed by atoms with Gasteiger partial charge < -0.3 is 4.40 Å². The molecule has 3 aromatic rings. The highest BCUT2D eigenvalue weighted by Gasteiger charge is 2.11. The van der Waals surface area contributed by atoms with Crippen molar-refractivity contribution in [3.8, 4) is 0 Å². The van der Waals surface area contributed by atoms with Crippen LogP contribution in [0.5, 0.6) is 0 Å². The Bertz CT molecular complexity index is 760.